The summed E-state index contributed by atoms with van der Waals surface area (Å²) in [6.45, 7) is 0.488. The molecule has 0 saturated carbocycles. The summed E-state index contributed by atoms with van der Waals surface area (Å²) in [5.74, 6) is -0.175. The molecular weight excluding hydrogens is 206 g/mol. The topological polar surface area (TPSA) is 99.8 Å². The molecule has 1 amide bonds. The molecular formula is C10H11N5O. The summed E-state index contributed by atoms with van der Waals surface area (Å²) in [5, 5.41) is 4.00. The van der Waals surface area contributed by atoms with E-state index in [1.165, 1.54) is 10.7 Å². The fourth-order valence-corrected chi connectivity index (χ4v) is 1.34. The van der Waals surface area contributed by atoms with E-state index in [9.17, 15) is 4.79 Å². The molecule has 0 fully saturated rings. The number of aromatic nitrogens is 3. The number of nitrogens with zero attached hydrogens (tertiary/aromatic N) is 3. The lowest BCUT2D eigenvalue weighted by Crippen LogP contribution is -2.13. The van der Waals surface area contributed by atoms with Crippen LogP contribution in [0.1, 0.15) is 16.1 Å². The van der Waals surface area contributed by atoms with Gasteiger partial charge in [0.25, 0.3) is 5.91 Å². The second-order valence-electron chi connectivity index (χ2n) is 3.33. The van der Waals surface area contributed by atoms with Crippen LogP contribution in [0, 0.1) is 0 Å². The van der Waals surface area contributed by atoms with Crippen molar-refractivity contribution in [3.63, 3.8) is 0 Å². The summed E-state index contributed by atoms with van der Waals surface area (Å²) in [4.78, 5) is 14.8. The minimum atomic E-state index is -0.583. The predicted molar refractivity (Wildman–Crippen MR) is 58.5 cm³/mol. The third-order valence-corrected chi connectivity index (χ3v) is 2.15. The Labute approximate surface area is 91.9 Å². The average Bonchev–Trinajstić information content (AvgIpc) is 2.62. The second-order valence-corrected chi connectivity index (χ2v) is 3.33. The summed E-state index contributed by atoms with van der Waals surface area (Å²) in [6, 6.07) is 5.17. The molecule has 0 spiro atoms. The van der Waals surface area contributed by atoms with Crippen LogP contribution in [0.25, 0.3) is 0 Å². The monoisotopic (exact) mass is 217 g/mol. The van der Waals surface area contributed by atoms with Crippen LogP contribution in [-0.4, -0.2) is 20.7 Å². The Hall–Kier alpha value is -2.37. The van der Waals surface area contributed by atoms with Gasteiger partial charge in [0.1, 0.15) is 5.82 Å². The van der Waals surface area contributed by atoms with Crippen molar-refractivity contribution in [1.29, 1.82) is 0 Å². The van der Waals surface area contributed by atoms with E-state index in [0.29, 0.717) is 12.4 Å². The van der Waals surface area contributed by atoms with E-state index in [4.69, 9.17) is 11.5 Å². The molecule has 82 valence electrons. The fourth-order valence-electron chi connectivity index (χ4n) is 1.34. The van der Waals surface area contributed by atoms with Gasteiger partial charge in [0, 0.05) is 18.5 Å². The van der Waals surface area contributed by atoms with Gasteiger partial charge >= 0.3 is 0 Å². The summed E-state index contributed by atoms with van der Waals surface area (Å²) in [6.07, 6.45) is 3.37. The van der Waals surface area contributed by atoms with Gasteiger partial charge in [-0.1, -0.05) is 0 Å². The summed E-state index contributed by atoms with van der Waals surface area (Å²) >= 11 is 0. The number of nitrogen functional groups attached to an aromatic ring is 1. The van der Waals surface area contributed by atoms with Crippen molar-refractivity contribution in [3.05, 3.63) is 41.9 Å². The van der Waals surface area contributed by atoms with E-state index in [1.807, 2.05) is 12.1 Å². The normalized spacial score (nSPS) is 10.2. The van der Waals surface area contributed by atoms with Gasteiger partial charge in [-0.3, -0.25) is 9.78 Å². The molecule has 0 aromatic carbocycles. The quantitative estimate of drug-likeness (QED) is 0.756. The van der Waals surface area contributed by atoms with Crippen molar-refractivity contribution in [2.45, 2.75) is 6.54 Å². The maximum atomic E-state index is 10.9. The third kappa shape index (κ3) is 2.00. The van der Waals surface area contributed by atoms with Crippen LogP contribution >= 0.6 is 0 Å². The zero-order valence-corrected chi connectivity index (χ0v) is 8.50. The molecule has 2 aromatic heterocycles. The van der Waals surface area contributed by atoms with Crippen LogP contribution in [0.4, 0.5) is 5.82 Å². The summed E-state index contributed by atoms with van der Waals surface area (Å²) in [5.41, 5.74) is 12.0. The van der Waals surface area contributed by atoms with Gasteiger partial charge in [0.05, 0.1) is 6.54 Å². The number of carbonyl (C=O) groups is 1. The van der Waals surface area contributed by atoms with E-state index in [-0.39, 0.29) is 5.69 Å². The van der Waals surface area contributed by atoms with E-state index in [1.54, 1.807) is 12.4 Å². The first-order valence-electron chi connectivity index (χ1n) is 4.69. The maximum Gasteiger partial charge on any atom is 0.269 e. The van der Waals surface area contributed by atoms with E-state index in [0.717, 1.165) is 5.56 Å². The number of amides is 1. The number of rotatable bonds is 3. The molecule has 0 unspecified atom stereocenters. The highest BCUT2D eigenvalue weighted by atomic mass is 16.1. The molecule has 2 aromatic rings. The Bertz CT molecular complexity index is 505. The van der Waals surface area contributed by atoms with Gasteiger partial charge in [0.2, 0.25) is 0 Å². The van der Waals surface area contributed by atoms with Gasteiger partial charge in [-0.05, 0) is 17.7 Å². The lowest BCUT2D eigenvalue weighted by Gasteiger charge is -2.02. The number of primary amides is 1. The zero-order chi connectivity index (χ0) is 11.5. The van der Waals surface area contributed by atoms with Crippen molar-refractivity contribution in [2.75, 3.05) is 5.73 Å². The van der Waals surface area contributed by atoms with Gasteiger partial charge in [-0.2, -0.15) is 5.10 Å². The smallest absolute Gasteiger partial charge is 0.269 e. The third-order valence-electron chi connectivity index (χ3n) is 2.15. The highest BCUT2D eigenvalue weighted by molar-refractivity contribution is 5.91. The molecule has 0 aliphatic carbocycles. The molecule has 4 N–H and O–H groups in total. The molecule has 6 heteroatoms. The zero-order valence-electron chi connectivity index (χ0n) is 8.50. The molecule has 0 aliphatic rings. The largest absolute Gasteiger partial charge is 0.384 e. The standard InChI is InChI=1S/C10H11N5O/c11-9-5-8(10(12)16)14-15(9)6-7-1-3-13-4-2-7/h1-5H,6,11H2,(H2,12,16). The average molecular weight is 217 g/mol. The first-order chi connectivity index (χ1) is 7.66. The summed E-state index contributed by atoms with van der Waals surface area (Å²) in [7, 11) is 0. The number of anilines is 1. The highest BCUT2D eigenvalue weighted by Gasteiger charge is 2.09. The fraction of sp³-hybridized carbons (Fsp3) is 0.100. The first-order valence-corrected chi connectivity index (χ1v) is 4.69. The highest BCUT2D eigenvalue weighted by Crippen LogP contribution is 2.09. The minimum absolute atomic E-state index is 0.173. The Morgan fingerprint density at radius 2 is 2.06 bits per heavy atom. The van der Waals surface area contributed by atoms with Gasteiger partial charge < -0.3 is 11.5 Å². The molecule has 16 heavy (non-hydrogen) atoms. The lowest BCUT2D eigenvalue weighted by atomic mass is 10.3. The van der Waals surface area contributed by atoms with Crippen molar-refractivity contribution in [2.24, 2.45) is 5.73 Å². The Balaban J connectivity index is 2.25. The Morgan fingerprint density at radius 3 is 2.62 bits per heavy atom. The number of nitrogens with two attached hydrogens (primary N) is 2. The summed E-state index contributed by atoms with van der Waals surface area (Å²) < 4.78 is 1.52. The number of hydrogen-bond donors (Lipinski definition) is 2. The molecule has 0 bridgehead atoms. The SMILES string of the molecule is NC(=O)c1cc(N)n(Cc2ccncc2)n1. The van der Waals surface area contributed by atoms with Crippen molar-refractivity contribution < 1.29 is 4.79 Å². The minimum Gasteiger partial charge on any atom is -0.384 e. The van der Waals surface area contributed by atoms with Crippen LogP contribution in [-0.2, 0) is 6.54 Å². The number of hydrogen-bond acceptors (Lipinski definition) is 4. The lowest BCUT2D eigenvalue weighted by molar-refractivity contribution is 0.0995. The Kier molecular flexibility index (Phi) is 2.55. The van der Waals surface area contributed by atoms with Crippen LogP contribution in [0.15, 0.2) is 30.6 Å². The molecule has 0 aliphatic heterocycles. The van der Waals surface area contributed by atoms with Crippen LogP contribution < -0.4 is 11.5 Å². The van der Waals surface area contributed by atoms with Gasteiger partial charge in [-0.25, -0.2) is 4.68 Å². The number of carbonyl (C=O) groups excluding carboxylic acids is 1. The van der Waals surface area contributed by atoms with Crippen LogP contribution in [0.2, 0.25) is 0 Å². The molecule has 0 saturated heterocycles. The molecule has 6 nitrogen and oxygen atoms in total. The molecule has 2 heterocycles. The molecule has 2 rings (SSSR count). The first kappa shape index (κ1) is 10.2. The predicted octanol–water partition coefficient (Wildman–Crippen LogP) is 0.00750. The Morgan fingerprint density at radius 1 is 1.38 bits per heavy atom. The van der Waals surface area contributed by atoms with E-state index in [2.05, 4.69) is 10.1 Å². The number of pyridine rings is 1. The van der Waals surface area contributed by atoms with Gasteiger partial charge in [-0.15, -0.1) is 0 Å². The van der Waals surface area contributed by atoms with Crippen molar-refractivity contribution in [1.82, 2.24) is 14.8 Å². The van der Waals surface area contributed by atoms with E-state index >= 15 is 0 Å². The second kappa shape index (κ2) is 4.01. The maximum absolute atomic E-state index is 10.9. The van der Waals surface area contributed by atoms with Crippen LogP contribution in [0.5, 0.6) is 0 Å². The molecule has 0 atom stereocenters. The van der Waals surface area contributed by atoms with Crippen molar-refractivity contribution in [3.8, 4) is 0 Å². The van der Waals surface area contributed by atoms with Crippen molar-refractivity contribution >= 4 is 11.7 Å². The molecule has 0 radical (unpaired) electrons. The van der Waals surface area contributed by atoms with Crippen LogP contribution in [0.3, 0.4) is 0 Å². The van der Waals surface area contributed by atoms with E-state index < -0.39 is 5.91 Å². The van der Waals surface area contributed by atoms with Gasteiger partial charge in [0.15, 0.2) is 5.69 Å².